The first kappa shape index (κ1) is 21.0. The fraction of sp³-hybridized carbons (Fsp3) is 0.346. The zero-order valence-electron chi connectivity index (χ0n) is 18.9. The normalized spacial score (nSPS) is 13.6. The molecule has 0 saturated heterocycles. The third-order valence-corrected chi connectivity index (χ3v) is 5.26. The highest BCUT2D eigenvalue weighted by Crippen LogP contribution is 2.35. The fourth-order valence-electron chi connectivity index (χ4n) is 3.68. The minimum Gasteiger partial charge on any atom is -0.443 e. The molecule has 4 rings (SSSR count). The molecular formula is C26H29N3O2. The van der Waals surface area contributed by atoms with Gasteiger partial charge in [-0.3, -0.25) is 4.90 Å². The van der Waals surface area contributed by atoms with E-state index < -0.39 is 5.60 Å². The maximum atomic E-state index is 12.9. The van der Waals surface area contributed by atoms with Gasteiger partial charge in [-0.1, -0.05) is 59.7 Å². The van der Waals surface area contributed by atoms with Crippen LogP contribution in [0.2, 0.25) is 0 Å². The third kappa shape index (κ3) is 4.61. The predicted molar refractivity (Wildman–Crippen MR) is 124 cm³/mol. The van der Waals surface area contributed by atoms with Crippen LogP contribution in [0.3, 0.4) is 0 Å². The first-order valence-electron chi connectivity index (χ1n) is 10.8. The average molecular weight is 416 g/mol. The van der Waals surface area contributed by atoms with Crippen molar-refractivity contribution >= 4 is 11.9 Å². The molecule has 0 saturated carbocycles. The fourth-order valence-corrected chi connectivity index (χ4v) is 3.68. The van der Waals surface area contributed by atoms with Crippen LogP contribution in [0.4, 0.5) is 10.6 Å². The number of fused-ring (bicyclic) bond motifs is 1. The summed E-state index contributed by atoms with van der Waals surface area (Å²) in [6, 6.07) is 16.6. The second-order valence-corrected chi connectivity index (χ2v) is 9.16. The van der Waals surface area contributed by atoms with E-state index in [2.05, 4.69) is 62.4 Å². The smallest absolute Gasteiger partial charge is 0.416 e. The first-order chi connectivity index (χ1) is 14.7. The Balaban J connectivity index is 1.87. The molecule has 0 aliphatic carbocycles. The second-order valence-electron chi connectivity index (χ2n) is 9.16. The average Bonchev–Trinajstić information content (AvgIpc) is 2.72. The van der Waals surface area contributed by atoms with Crippen molar-refractivity contribution in [1.82, 2.24) is 9.97 Å². The molecule has 0 radical (unpaired) electrons. The summed E-state index contributed by atoms with van der Waals surface area (Å²) in [7, 11) is 0. The van der Waals surface area contributed by atoms with Crippen molar-refractivity contribution in [2.45, 2.75) is 53.1 Å². The summed E-state index contributed by atoms with van der Waals surface area (Å²) < 4.78 is 5.64. The van der Waals surface area contributed by atoms with Gasteiger partial charge < -0.3 is 4.74 Å². The third-order valence-electron chi connectivity index (χ3n) is 5.26. The SMILES string of the molecule is Cc1ccc(-c2nc3c(nc2-c2ccc(C)cc2)N(C(=O)OC(C)(C)C)CCC3)cc1. The number of hydrogen-bond donors (Lipinski definition) is 0. The van der Waals surface area contributed by atoms with Crippen LogP contribution in [0.15, 0.2) is 48.5 Å². The van der Waals surface area contributed by atoms with Gasteiger partial charge >= 0.3 is 6.09 Å². The maximum absolute atomic E-state index is 12.9. The number of amides is 1. The summed E-state index contributed by atoms with van der Waals surface area (Å²) in [5, 5.41) is 0. The number of aromatic nitrogens is 2. The van der Waals surface area contributed by atoms with Crippen molar-refractivity contribution in [2.75, 3.05) is 11.4 Å². The maximum Gasteiger partial charge on any atom is 0.416 e. The highest BCUT2D eigenvalue weighted by Gasteiger charge is 2.30. The number of ether oxygens (including phenoxy) is 1. The molecule has 0 spiro atoms. The zero-order valence-corrected chi connectivity index (χ0v) is 18.9. The van der Waals surface area contributed by atoms with Gasteiger partial charge in [0.15, 0.2) is 5.82 Å². The van der Waals surface area contributed by atoms with Crippen molar-refractivity contribution in [3.63, 3.8) is 0 Å². The van der Waals surface area contributed by atoms with Crippen LogP contribution in [-0.2, 0) is 11.2 Å². The van der Waals surface area contributed by atoms with E-state index in [1.807, 2.05) is 20.8 Å². The number of anilines is 1. The van der Waals surface area contributed by atoms with E-state index in [1.165, 1.54) is 11.1 Å². The van der Waals surface area contributed by atoms with Gasteiger partial charge in [0.1, 0.15) is 5.60 Å². The Bertz CT molecular complexity index is 1100. The molecule has 1 aromatic heterocycles. The van der Waals surface area contributed by atoms with Crippen LogP contribution in [0, 0.1) is 13.8 Å². The van der Waals surface area contributed by atoms with Crippen LogP contribution in [0.5, 0.6) is 0 Å². The van der Waals surface area contributed by atoms with Gasteiger partial charge in [-0.2, -0.15) is 0 Å². The lowest BCUT2D eigenvalue weighted by Crippen LogP contribution is -2.40. The lowest BCUT2D eigenvalue weighted by Gasteiger charge is -2.31. The molecule has 1 amide bonds. The van der Waals surface area contributed by atoms with Gasteiger partial charge in [0.2, 0.25) is 0 Å². The second kappa shape index (κ2) is 8.14. The molecule has 160 valence electrons. The summed E-state index contributed by atoms with van der Waals surface area (Å²) >= 11 is 0. The Morgan fingerprint density at radius 2 is 1.39 bits per heavy atom. The Kier molecular flexibility index (Phi) is 5.52. The number of hydrogen-bond acceptors (Lipinski definition) is 4. The summed E-state index contributed by atoms with van der Waals surface area (Å²) in [5.74, 6) is 0.604. The van der Waals surface area contributed by atoms with E-state index in [9.17, 15) is 4.79 Å². The Labute approximate surface area is 184 Å². The van der Waals surface area contributed by atoms with Crippen LogP contribution < -0.4 is 4.90 Å². The Hall–Kier alpha value is -3.21. The van der Waals surface area contributed by atoms with Gasteiger partial charge in [0.05, 0.1) is 17.1 Å². The lowest BCUT2D eigenvalue weighted by atomic mass is 10.0. The van der Waals surface area contributed by atoms with E-state index in [1.54, 1.807) is 4.90 Å². The Morgan fingerprint density at radius 3 is 1.90 bits per heavy atom. The monoisotopic (exact) mass is 415 g/mol. The minimum absolute atomic E-state index is 0.374. The molecular weight excluding hydrogens is 386 g/mol. The lowest BCUT2D eigenvalue weighted by molar-refractivity contribution is 0.0576. The summed E-state index contributed by atoms with van der Waals surface area (Å²) in [4.78, 5) is 24.6. The molecule has 31 heavy (non-hydrogen) atoms. The molecule has 3 aromatic rings. The molecule has 1 aliphatic heterocycles. The molecule has 1 aliphatic rings. The Morgan fingerprint density at radius 1 is 0.871 bits per heavy atom. The molecule has 2 heterocycles. The number of benzene rings is 2. The highest BCUT2D eigenvalue weighted by atomic mass is 16.6. The van der Waals surface area contributed by atoms with E-state index >= 15 is 0 Å². The van der Waals surface area contributed by atoms with Crippen LogP contribution >= 0.6 is 0 Å². The number of nitrogens with zero attached hydrogens (tertiary/aromatic N) is 3. The number of carbonyl (C=O) groups is 1. The van der Waals surface area contributed by atoms with Gasteiger partial charge in [-0.25, -0.2) is 14.8 Å². The van der Waals surface area contributed by atoms with Gasteiger partial charge in [-0.15, -0.1) is 0 Å². The van der Waals surface area contributed by atoms with Gasteiger partial charge in [0.25, 0.3) is 0 Å². The largest absolute Gasteiger partial charge is 0.443 e. The number of carbonyl (C=O) groups excluding carboxylic acids is 1. The molecule has 0 N–H and O–H groups in total. The molecule has 0 bridgehead atoms. The number of aryl methyl sites for hydroxylation is 3. The van der Waals surface area contributed by atoms with Crippen molar-refractivity contribution in [3.8, 4) is 22.5 Å². The summed E-state index contributed by atoms with van der Waals surface area (Å²) in [6.45, 7) is 10.3. The van der Waals surface area contributed by atoms with E-state index in [0.29, 0.717) is 12.4 Å². The zero-order chi connectivity index (χ0) is 22.2. The molecule has 2 aromatic carbocycles. The molecule has 5 heteroatoms. The summed E-state index contributed by atoms with van der Waals surface area (Å²) in [6.07, 6.45) is 1.24. The van der Waals surface area contributed by atoms with Crippen molar-refractivity contribution in [3.05, 3.63) is 65.4 Å². The molecule has 0 fully saturated rings. The van der Waals surface area contributed by atoms with Crippen LogP contribution in [0.1, 0.15) is 44.0 Å². The standard InChI is InChI=1S/C26H29N3O2/c1-17-8-12-19(13-9-17)22-23(20-14-10-18(2)11-15-20)28-24-21(27-22)7-6-16-29(24)25(30)31-26(3,4)5/h8-15H,6-7,16H2,1-5H3. The van der Waals surface area contributed by atoms with Crippen molar-refractivity contribution < 1.29 is 9.53 Å². The topological polar surface area (TPSA) is 55.3 Å². The predicted octanol–water partition coefficient (Wildman–Crippen LogP) is 6.12. The van der Waals surface area contributed by atoms with Crippen LogP contribution in [0.25, 0.3) is 22.5 Å². The van der Waals surface area contributed by atoms with E-state index in [4.69, 9.17) is 14.7 Å². The van der Waals surface area contributed by atoms with Crippen molar-refractivity contribution in [1.29, 1.82) is 0 Å². The van der Waals surface area contributed by atoms with Crippen molar-refractivity contribution in [2.24, 2.45) is 0 Å². The summed E-state index contributed by atoms with van der Waals surface area (Å²) in [5.41, 5.74) is 6.26. The van der Waals surface area contributed by atoms with Gasteiger partial charge in [-0.05, 0) is 47.5 Å². The molecule has 5 nitrogen and oxygen atoms in total. The van der Waals surface area contributed by atoms with E-state index in [0.717, 1.165) is 41.1 Å². The molecule has 0 atom stereocenters. The van der Waals surface area contributed by atoms with E-state index in [-0.39, 0.29) is 6.09 Å². The minimum atomic E-state index is -0.566. The molecule has 0 unspecified atom stereocenters. The quantitative estimate of drug-likeness (QED) is 0.506. The van der Waals surface area contributed by atoms with Crippen LogP contribution in [-0.4, -0.2) is 28.2 Å². The van der Waals surface area contributed by atoms with Gasteiger partial charge in [0, 0.05) is 17.7 Å². The first-order valence-corrected chi connectivity index (χ1v) is 10.8. The highest BCUT2D eigenvalue weighted by molar-refractivity contribution is 5.89. The number of rotatable bonds is 2.